The molecule has 1 aliphatic rings. The second-order valence-electron chi connectivity index (χ2n) is 6.41. The third-order valence-corrected chi connectivity index (χ3v) is 4.62. The molecule has 0 bridgehead atoms. The Balaban J connectivity index is 1.69. The molecular formula is C19H25N5O. The van der Waals surface area contributed by atoms with Crippen LogP contribution in [0.1, 0.15) is 28.5 Å². The summed E-state index contributed by atoms with van der Waals surface area (Å²) in [5, 5.41) is 2.90. The number of aromatic nitrogens is 2. The molecule has 0 atom stereocenters. The Labute approximate surface area is 148 Å². The van der Waals surface area contributed by atoms with Crippen LogP contribution in [0, 0.1) is 13.8 Å². The fourth-order valence-electron chi connectivity index (χ4n) is 2.93. The number of anilines is 2. The molecule has 1 aromatic heterocycles. The number of likely N-dealkylation sites (N-methyl/N-ethyl adjacent to an activating group) is 1. The summed E-state index contributed by atoms with van der Waals surface area (Å²) >= 11 is 0. The third-order valence-electron chi connectivity index (χ3n) is 4.62. The first kappa shape index (κ1) is 17.4. The number of benzene rings is 1. The summed E-state index contributed by atoms with van der Waals surface area (Å²) in [5.41, 5.74) is 3.14. The van der Waals surface area contributed by atoms with E-state index in [1.807, 2.05) is 38.1 Å². The number of hydrogen-bond acceptors (Lipinski definition) is 5. The number of aryl methyl sites for hydroxylation is 2. The van der Waals surface area contributed by atoms with Crippen LogP contribution in [0.4, 0.5) is 11.6 Å². The van der Waals surface area contributed by atoms with Crippen LogP contribution in [0.2, 0.25) is 0 Å². The molecule has 1 aliphatic heterocycles. The summed E-state index contributed by atoms with van der Waals surface area (Å²) in [6.45, 7) is 11.0. The Morgan fingerprint density at radius 2 is 1.80 bits per heavy atom. The first-order chi connectivity index (χ1) is 12.1. The van der Waals surface area contributed by atoms with Gasteiger partial charge in [-0.25, -0.2) is 9.97 Å². The van der Waals surface area contributed by atoms with Crippen molar-refractivity contribution in [2.75, 3.05) is 42.9 Å². The molecule has 0 spiro atoms. The highest BCUT2D eigenvalue weighted by Gasteiger charge is 2.19. The van der Waals surface area contributed by atoms with Gasteiger partial charge < -0.3 is 15.1 Å². The van der Waals surface area contributed by atoms with Crippen LogP contribution in [-0.4, -0.2) is 53.5 Å². The van der Waals surface area contributed by atoms with E-state index in [1.165, 1.54) is 0 Å². The van der Waals surface area contributed by atoms with E-state index in [9.17, 15) is 4.79 Å². The molecule has 0 radical (unpaired) electrons. The molecule has 1 fully saturated rings. The molecule has 3 rings (SSSR count). The van der Waals surface area contributed by atoms with Gasteiger partial charge in [0.15, 0.2) is 0 Å². The van der Waals surface area contributed by atoms with Crippen molar-refractivity contribution in [1.29, 1.82) is 0 Å². The lowest BCUT2D eigenvalue weighted by atomic mass is 10.2. The molecule has 1 saturated heterocycles. The van der Waals surface area contributed by atoms with E-state index in [-0.39, 0.29) is 5.91 Å². The van der Waals surface area contributed by atoms with Crippen molar-refractivity contribution in [2.45, 2.75) is 20.8 Å². The average Bonchev–Trinajstić information content (AvgIpc) is 2.63. The van der Waals surface area contributed by atoms with Crippen LogP contribution in [-0.2, 0) is 0 Å². The van der Waals surface area contributed by atoms with Gasteiger partial charge in [-0.2, -0.15) is 0 Å². The number of rotatable bonds is 4. The van der Waals surface area contributed by atoms with Gasteiger partial charge in [-0.15, -0.1) is 0 Å². The van der Waals surface area contributed by atoms with E-state index in [4.69, 9.17) is 0 Å². The minimum absolute atomic E-state index is 0.177. The predicted octanol–water partition coefficient (Wildman–Crippen LogP) is 2.49. The maximum atomic E-state index is 12.5. The van der Waals surface area contributed by atoms with Crippen molar-refractivity contribution in [3.05, 3.63) is 47.3 Å². The number of hydrogen-bond donors (Lipinski definition) is 1. The standard InChI is InChI=1S/C19H25N5O/c1-4-23-9-11-24(12-10-23)19-20-13-17(15(3)21-19)18(25)22-16-7-5-14(2)6-8-16/h5-8,13H,4,9-12H2,1-3H3,(H,22,25). The zero-order valence-electron chi connectivity index (χ0n) is 15.1. The lowest BCUT2D eigenvalue weighted by molar-refractivity contribution is 0.102. The summed E-state index contributed by atoms with van der Waals surface area (Å²) in [6, 6.07) is 7.73. The largest absolute Gasteiger partial charge is 0.338 e. The molecule has 1 N–H and O–H groups in total. The van der Waals surface area contributed by atoms with Gasteiger partial charge in [-0.1, -0.05) is 24.6 Å². The summed E-state index contributed by atoms with van der Waals surface area (Å²) in [6.07, 6.45) is 1.63. The molecule has 0 saturated carbocycles. The van der Waals surface area contributed by atoms with Crippen molar-refractivity contribution in [1.82, 2.24) is 14.9 Å². The van der Waals surface area contributed by atoms with Crippen LogP contribution in [0.5, 0.6) is 0 Å². The molecule has 2 heterocycles. The smallest absolute Gasteiger partial charge is 0.259 e. The highest BCUT2D eigenvalue weighted by Crippen LogP contribution is 2.16. The molecule has 1 amide bonds. The normalized spacial score (nSPS) is 15.2. The molecule has 0 unspecified atom stereocenters. The van der Waals surface area contributed by atoms with Crippen LogP contribution in [0.25, 0.3) is 0 Å². The van der Waals surface area contributed by atoms with Crippen LogP contribution >= 0.6 is 0 Å². The molecule has 132 valence electrons. The quantitative estimate of drug-likeness (QED) is 0.927. The Bertz CT molecular complexity index is 736. The zero-order valence-corrected chi connectivity index (χ0v) is 15.1. The number of nitrogens with zero attached hydrogens (tertiary/aromatic N) is 4. The third kappa shape index (κ3) is 4.14. The van der Waals surface area contributed by atoms with Gasteiger partial charge in [-0.05, 0) is 32.5 Å². The van der Waals surface area contributed by atoms with Crippen molar-refractivity contribution < 1.29 is 4.79 Å². The molecule has 6 nitrogen and oxygen atoms in total. The van der Waals surface area contributed by atoms with Crippen molar-refractivity contribution >= 4 is 17.5 Å². The fourth-order valence-corrected chi connectivity index (χ4v) is 2.93. The van der Waals surface area contributed by atoms with Gasteiger partial charge in [0, 0.05) is 38.1 Å². The first-order valence-corrected chi connectivity index (χ1v) is 8.76. The number of carbonyl (C=O) groups excluding carboxylic acids is 1. The number of nitrogens with one attached hydrogen (secondary N) is 1. The van der Waals surface area contributed by atoms with Gasteiger partial charge in [0.25, 0.3) is 5.91 Å². The van der Waals surface area contributed by atoms with E-state index < -0.39 is 0 Å². The molecule has 2 aromatic rings. The summed E-state index contributed by atoms with van der Waals surface area (Å²) in [7, 11) is 0. The zero-order chi connectivity index (χ0) is 17.8. The maximum Gasteiger partial charge on any atom is 0.259 e. The fraction of sp³-hybridized carbons (Fsp3) is 0.421. The highest BCUT2D eigenvalue weighted by atomic mass is 16.1. The average molecular weight is 339 g/mol. The van der Waals surface area contributed by atoms with E-state index in [2.05, 4.69) is 32.0 Å². The molecule has 6 heteroatoms. The van der Waals surface area contributed by atoms with Gasteiger partial charge in [0.2, 0.25) is 5.95 Å². The van der Waals surface area contributed by atoms with Gasteiger partial charge in [0.1, 0.15) is 0 Å². The predicted molar refractivity (Wildman–Crippen MR) is 100 cm³/mol. The first-order valence-electron chi connectivity index (χ1n) is 8.76. The second kappa shape index (κ2) is 7.61. The Morgan fingerprint density at radius 1 is 1.12 bits per heavy atom. The summed E-state index contributed by atoms with van der Waals surface area (Å²) in [4.78, 5) is 26.1. The van der Waals surface area contributed by atoms with E-state index in [0.29, 0.717) is 17.2 Å². The number of carbonyl (C=O) groups is 1. The Morgan fingerprint density at radius 3 is 2.40 bits per heavy atom. The van der Waals surface area contributed by atoms with Crippen molar-refractivity contribution in [3.63, 3.8) is 0 Å². The lowest BCUT2D eigenvalue weighted by Crippen LogP contribution is -2.46. The van der Waals surface area contributed by atoms with E-state index in [0.717, 1.165) is 44.0 Å². The minimum Gasteiger partial charge on any atom is -0.338 e. The minimum atomic E-state index is -0.177. The van der Waals surface area contributed by atoms with Crippen LogP contribution in [0.3, 0.4) is 0 Å². The van der Waals surface area contributed by atoms with Crippen LogP contribution in [0.15, 0.2) is 30.5 Å². The second-order valence-corrected chi connectivity index (χ2v) is 6.41. The van der Waals surface area contributed by atoms with E-state index >= 15 is 0 Å². The lowest BCUT2D eigenvalue weighted by Gasteiger charge is -2.34. The molecule has 0 aliphatic carbocycles. The van der Waals surface area contributed by atoms with Gasteiger partial charge in [0.05, 0.1) is 11.3 Å². The highest BCUT2D eigenvalue weighted by molar-refractivity contribution is 6.04. The maximum absolute atomic E-state index is 12.5. The Hall–Kier alpha value is -2.47. The SMILES string of the molecule is CCN1CCN(c2ncc(C(=O)Nc3ccc(C)cc3)c(C)n2)CC1. The molecule has 1 aromatic carbocycles. The topological polar surface area (TPSA) is 61.4 Å². The van der Waals surface area contributed by atoms with E-state index in [1.54, 1.807) is 6.20 Å². The summed E-state index contributed by atoms with van der Waals surface area (Å²) in [5.74, 6) is 0.531. The molecular weight excluding hydrogens is 314 g/mol. The monoisotopic (exact) mass is 339 g/mol. The molecule has 25 heavy (non-hydrogen) atoms. The number of piperazine rings is 1. The Kier molecular flexibility index (Phi) is 5.28. The van der Waals surface area contributed by atoms with Gasteiger partial charge >= 0.3 is 0 Å². The summed E-state index contributed by atoms with van der Waals surface area (Å²) < 4.78 is 0. The van der Waals surface area contributed by atoms with Gasteiger partial charge in [-0.3, -0.25) is 4.79 Å². The number of amides is 1. The van der Waals surface area contributed by atoms with Crippen LogP contribution < -0.4 is 10.2 Å². The van der Waals surface area contributed by atoms with Crippen molar-refractivity contribution in [2.24, 2.45) is 0 Å². The van der Waals surface area contributed by atoms with Crippen molar-refractivity contribution in [3.8, 4) is 0 Å².